The quantitative estimate of drug-likeness (QED) is 0.499. The van der Waals surface area contributed by atoms with Crippen LogP contribution < -0.4 is 10.6 Å². The van der Waals surface area contributed by atoms with E-state index in [-0.39, 0.29) is 11.4 Å². The minimum absolute atomic E-state index is 0.175. The molecule has 3 aromatic rings. The van der Waals surface area contributed by atoms with Crippen LogP contribution in [0.15, 0.2) is 41.1 Å². The molecule has 0 atom stereocenters. The Kier molecular flexibility index (Phi) is 6.53. The molecule has 0 bridgehead atoms. The monoisotopic (exact) mass is 489 g/mol. The van der Waals surface area contributed by atoms with Crippen LogP contribution in [0.3, 0.4) is 0 Å². The number of carbonyl (C=O) groups excluding carboxylic acids is 1. The number of aryl methyl sites for hydroxylation is 2. The van der Waals surface area contributed by atoms with Gasteiger partial charge in [0.15, 0.2) is 5.82 Å². The van der Waals surface area contributed by atoms with Gasteiger partial charge in [-0.15, -0.1) is 0 Å². The van der Waals surface area contributed by atoms with Crippen LogP contribution in [0.4, 0.5) is 5.69 Å². The molecule has 0 aliphatic carbocycles. The van der Waals surface area contributed by atoms with Gasteiger partial charge in [0.1, 0.15) is 4.60 Å². The van der Waals surface area contributed by atoms with Gasteiger partial charge in [0.05, 0.1) is 23.5 Å². The summed E-state index contributed by atoms with van der Waals surface area (Å²) < 4.78 is 2.51. The highest BCUT2D eigenvalue weighted by atomic mass is 79.9. The SMILES string of the molecule is Cc1cccnc1-n1nc(Br)cc1CNc1c(C)cc(Cl)cc1C(=O)NC(C)(C)C. The molecule has 1 aromatic carbocycles. The Hall–Kier alpha value is -2.38. The smallest absolute Gasteiger partial charge is 0.253 e. The molecule has 2 heterocycles. The summed E-state index contributed by atoms with van der Waals surface area (Å²) in [5.74, 6) is 0.587. The number of anilines is 1. The molecular formula is C22H25BrClN5O. The average Bonchev–Trinajstić information content (AvgIpc) is 2.99. The molecule has 0 fully saturated rings. The van der Waals surface area contributed by atoms with E-state index in [0.29, 0.717) is 21.7 Å². The number of halogens is 2. The minimum atomic E-state index is -0.357. The first-order valence-electron chi connectivity index (χ1n) is 9.58. The number of rotatable bonds is 5. The Labute approximate surface area is 190 Å². The Balaban J connectivity index is 1.94. The fraction of sp³-hybridized carbons (Fsp3) is 0.318. The van der Waals surface area contributed by atoms with E-state index in [4.69, 9.17) is 11.6 Å². The van der Waals surface area contributed by atoms with Crippen molar-refractivity contribution in [1.82, 2.24) is 20.1 Å². The van der Waals surface area contributed by atoms with Crippen molar-refractivity contribution in [3.05, 3.63) is 68.5 Å². The molecule has 0 aliphatic rings. The van der Waals surface area contributed by atoms with E-state index >= 15 is 0 Å². The summed E-state index contributed by atoms with van der Waals surface area (Å²) in [6, 6.07) is 9.35. The van der Waals surface area contributed by atoms with Crippen molar-refractivity contribution >= 4 is 39.1 Å². The van der Waals surface area contributed by atoms with Crippen molar-refractivity contribution in [2.75, 3.05) is 5.32 Å². The molecule has 0 aliphatic heterocycles. The molecule has 2 aromatic heterocycles. The number of hydrogen-bond acceptors (Lipinski definition) is 4. The minimum Gasteiger partial charge on any atom is -0.379 e. The zero-order valence-corrected chi connectivity index (χ0v) is 20.0. The molecule has 158 valence electrons. The number of amides is 1. The van der Waals surface area contributed by atoms with Gasteiger partial charge in [-0.25, -0.2) is 9.67 Å². The number of benzene rings is 1. The summed E-state index contributed by atoms with van der Waals surface area (Å²) in [5, 5.41) is 11.5. The zero-order chi connectivity index (χ0) is 22.1. The first-order valence-corrected chi connectivity index (χ1v) is 10.8. The van der Waals surface area contributed by atoms with Crippen molar-refractivity contribution in [2.24, 2.45) is 0 Å². The number of pyridine rings is 1. The molecule has 6 nitrogen and oxygen atoms in total. The van der Waals surface area contributed by atoms with Crippen LogP contribution in [-0.4, -0.2) is 26.2 Å². The predicted molar refractivity (Wildman–Crippen MR) is 125 cm³/mol. The second-order valence-electron chi connectivity index (χ2n) is 8.22. The molecule has 0 spiro atoms. The topological polar surface area (TPSA) is 71.8 Å². The lowest BCUT2D eigenvalue weighted by Crippen LogP contribution is -2.40. The van der Waals surface area contributed by atoms with Crippen molar-refractivity contribution < 1.29 is 4.79 Å². The van der Waals surface area contributed by atoms with E-state index in [9.17, 15) is 4.79 Å². The summed E-state index contributed by atoms with van der Waals surface area (Å²) in [5.41, 5.74) is 3.70. The molecule has 0 saturated carbocycles. The molecular weight excluding hydrogens is 466 g/mol. The molecule has 2 N–H and O–H groups in total. The lowest BCUT2D eigenvalue weighted by molar-refractivity contribution is 0.0920. The van der Waals surface area contributed by atoms with Gasteiger partial charge >= 0.3 is 0 Å². The predicted octanol–water partition coefficient (Wildman–Crippen LogP) is 5.44. The van der Waals surface area contributed by atoms with Crippen LogP contribution in [0, 0.1) is 13.8 Å². The average molecular weight is 491 g/mol. The van der Waals surface area contributed by atoms with Gasteiger partial charge in [-0.05, 0) is 85.9 Å². The van der Waals surface area contributed by atoms with Crippen LogP contribution in [0.1, 0.15) is 48.0 Å². The first kappa shape index (κ1) is 22.3. The fourth-order valence-electron chi connectivity index (χ4n) is 3.14. The molecule has 0 radical (unpaired) electrons. The normalized spacial score (nSPS) is 11.4. The third-order valence-corrected chi connectivity index (χ3v) is 5.02. The molecule has 3 rings (SSSR count). The summed E-state index contributed by atoms with van der Waals surface area (Å²) in [6.45, 7) is 10.2. The van der Waals surface area contributed by atoms with Gasteiger partial charge in [-0.2, -0.15) is 5.10 Å². The maximum Gasteiger partial charge on any atom is 0.253 e. The largest absolute Gasteiger partial charge is 0.379 e. The number of aromatic nitrogens is 3. The van der Waals surface area contributed by atoms with E-state index in [0.717, 1.165) is 28.3 Å². The van der Waals surface area contributed by atoms with Gasteiger partial charge in [0, 0.05) is 16.8 Å². The zero-order valence-electron chi connectivity index (χ0n) is 17.7. The van der Waals surface area contributed by atoms with Crippen molar-refractivity contribution in [3.8, 4) is 5.82 Å². The third-order valence-electron chi connectivity index (χ3n) is 4.42. The lowest BCUT2D eigenvalue weighted by atomic mass is 10.0. The van der Waals surface area contributed by atoms with Gasteiger partial charge in [-0.1, -0.05) is 17.7 Å². The Morgan fingerprint density at radius 2 is 1.93 bits per heavy atom. The summed E-state index contributed by atoms with van der Waals surface area (Å²) in [4.78, 5) is 17.4. The molecule has 0 unspecified atom stereocenters. The van der Waals surface area contributed by atoms with Crippen LogP contribution in [0.25, 0.3) is 5.82 Å². The van der Waals surface area contributed by atoms with Gasteiger partial charge in [-0.3, -0.25) is 4.79 Å². The van der Waals surface area contributed by atoms with E-state index in [1.54, 1.807) is 16.9 Å². The van der Waals surface area contributed by atoms with Crippen LogP contribution in [0.2, 0.25) is 5.02 Å². The Bertz CT molecular complexity index is 1090. The molecule has 0 saturated heterocycles. The highest BCUT2D eigenvalue weighted by Crippen LogP contribution is 2.27. The summed E-state index contributed by atoms with van der Waals surface area (Å²) in [7, 11) is 0. The second-order valence-corrected chi connectivity index (χ2v) is 9.47. The number of nitrogens with zero attached hydrogens (tertiary/aromatic N) is 3. The summed E-state index contributed by atoms with van der Waals surface area (Å²) in [6.07, 6.45) is 1.74. The lowest BCUT2D eigenvalue weighted by Gasteiger charge is -2.23. The molecule has 30 heavy (non-hydrogen) atoms. The Morgan fingerprint density at radius 3 is 2.60 bits per heavy atom. The highest BCUT2D eigenvalue weighted by Gasteiger charge is 2.20. The van der Waals surface area contributed by atoms with E-state index in [1.807, 2.05) is 58.9 Å². The maximum absolute atomic E-state index is 12.9. The number of nitrogens with one attached hydrogen (secondary N) is 2. The summed E-state index contributed by atoms with van der Waals surface area (Å²) >= 11 is 9.70. The standard InChI is InChI=1S/C22H25BrClN5O/c1-13-7-6-8-25-20(13)29-16(11-18(23)28-29)12-26-19-14(2)9-15(24)10-17(19)21(30)27-22(3,4)5/h6-11,26H,12H2,1-5H3,(H,27,30). The van der Waals surface area contributed by atoms with Crippen molar-refractivity contribution in [1.29, 1.82) is 0 Å². The van der Waals surface area contributed by atoms with Crippen molar-refractivity contribution in [3.63, 3.8) is 0 Å². The highest BCUT2D eigenvalue weighted by molar-refractivity contribution is 9.10. The second kappa shape index (κ2) is 8.78. The number of carbonyl (C=O) groups is 1. The van der Waals surface area contributed by atoms with E-state index in [2.05, 4.69) is 36.6 Å². The van der Waals surface area contributed by atoms with Crippen LogP contribution in [0.5, 0.6) is 0 Å². The molecule has 8 heteroatoms. The number of hydrogen-bond donors (Lipinski definition) is 2. The maximum atomic E-state index is 12.9. The van der Waals surface area contributed by atoms with Crippen LogP contribution in [-0.2, 0) is 6.54 Å². The van der Waals surface area contributed by atoms with Gasteiger partial charge in [0.25, 0.3) is 5.91 Å². The van der Waals surface area contributed by atoms with Gasteiger partial charge in [0.2, 0.25) is 0 Å². The van der Waals surface area contributed by atoms with E-state index in [1.165, 1.54) is 0 Å². The van der Waals surface area contributed by atoms with Gasteiger partial charge < -0.3 is 10.6 Å². The van der Waals surface area contributed by atoms with E-state index < -0.39 is 0 Å². The fourth-order valence-corrected chi connectivity index (χ4v) is 3.83. The van der Waals surface area contributed by atoms with Crippen LogP contribution >= 0.6 is 27.5 Å². The van der Waals surface area contributed by atoms with Crippen molar-refractivity contribution in [2.45, 2.75) is 46.7 Å². The first-order chi connectivity index (χ1) is 14.0. The molecule has 1 amide bonds. The third kappa shape index (κ3) is 5.21. The Morgan fingerprint density at radius 1 is 1.20 bits per heavy atom.